The van der Waals surface area contributed by atoms with Gasteiger partial charge in [-0.1, -0.05) is 18.2 Å². The normalized spacial score (nSPS) is 28.6. The number of carbonyl (C=O) groups excluding carboxylic acids is 1. The van der Waals surface area contributed by atoms with Crippen LogP contribution >= 0.6 is 11.3 Å². The Labute approximate surface area is 133 Å². The molecule has 3 nitrogen and oxygen atoms in total. The average molecular weight is 308 g/mol. The summed E-state index contributed by atoms with van der Waals surface area (Å²) >= 11 is 1.79. The largest absolute Gasteiger partial charge is 0.333 e. The second-order valence-electron chi connectivity index (χ2n) is 6.41. The Kier molecular flexibility index (Phi) is 2.33. The second-order valence-corrected chi connectivity index (χ2v) is 7.36. The summed E-state index contributed by atoms with van der Waals surface area (Å²) in [6, 6.07) is 10.7. The summed E-state index contributed by atoms with van der Waals surface area (Å²) in [5, 5.41) is 2.16. The minimum Gasteiger partial charge on any atom is -0.333 e. The maximum atomic E-state index is 12.7. The molecule has 0 bridgehead atoms. The molecule has 1 fully saturated rings. The van der Waals surface area contributed by atoms with E-state index in [0.29, 0.717) is 6.42 Å². The summed E-state index contributed by atoms with van der Waals surface area (Å²) in [6.45, 7) is 2.93. The Morgan fingerprint density at radius 3 is 3.09 bits per heavy atom. The molecule has 110 valence electrons. The van der Waals surface area contributed by atoms with E-state index in [9.17, 15) is 4.79 Å². The van der Waals surface area contributed by atoms with E-state index >= 15 is 0 Å². The highest BCUT2D eigenvalue weighted by atomic mass is 32.1. The van der Waals surface area contributed by atoms with Crippen molar-refractivity contribution >= 4 is 28.6 Å². The molecule has 0 saturated carbocycles. The first-order valence-electron chi connectivity index (χ1n) is 7.73. The third-order valence-corrected chi connectivity index (χ3v) is 6.51. The smallest absolute Gasteiger partial charge is 0.224 e. The van der Waals surface area contributed by atoms with E-state index in [4.69, 9.17) is 4.99 Å². The maximum Gasteiger partial charge on any atom is 0.224 e. The first-order chi connectivity index (χ1) is 10.7. The number of aliphatic imine (C=N–C) groups is 1. The topological polar surface area (TPSA) is 32.7 Å². The maximum absolute atomic E-state index is 12.7. The summed E-state index contributed by atoms with van der Waals surface area (Å²) in [6.07, 6.45) is 1.54. The van der Waals surface area contributed by atoms with E-state index in [-0.39, 0.29) is 17.4 Å². The van der Waals surface area contributed by atoms with E-state index in [1.54, 1.807) is 11.3 Å². The number of amides is 1. The van der Waals surface area contributed by atoms with Gasteiger partial charge in [-0.25, -0.2) is 0 Å². The fourth-order valence-electron chi connectivity index (χ4n) is 4.49. The first kappa shape index (κ1) is 12.6. The fraction of sp³-hybridized carbons (Fsp3) is 0.333. The molecule has 2 atom stereocenters. The number of rotatable bonds is 0. The van der Waals surface area contributed by atoms with Crippen LogP contribution in [-0.4, -0.2) is 23.1 Å². The highest BCUT2D eigenvalue weighted by Crippen LogP contribution is 2.58. The zero-order chi connectivity index (χ0) is 14.9. The van der Waals surface area contributed by atoms with E-state index in [0.717, 1.165) is 24.4 Å². The van der Waals surface area contributed by atoms with Crippen LogP contribution in [0.4, 0.5) is 5.69 Å². The number of carbonyl (C=O) groups is 1. The van der Waals surface area contributed by atoms with Gasteiger partial charge in [0.2, 0.25) is 5.91 Å². The molecule has 0 aliphatic carbocycles. The molecule has 22 heavy (non-hydrogen) atoms. The summed E-state index contributed by atoms with van der Waals surface area (Å²) in [5.41, 5.74) is 4.52. The lowest BCUT2D eigenvalue weighted by atomic mass is 9.70. The van der Waals surface area contributed by atoms with Gasteiger partial charge in [0.1, 0.15) is 0 Å². The number of nitrogens with zero attached hydrogens (tertiary/aromatic N) is 2. The van der Waals surface area contributed by atoms with E-state index in [1.165, 1.54) is 16.0 Å². The zero-order valence-corrected chi connectivity index (χ0v) is 13.2. The molecular formula is C18H16N2OS. The van der Waals surface area contributed by atoms with Crippen LogP contribution in [0.5, 0.6) is 0 Å². The van der Waals surface area contributed by atoms with Crippen molar-refractivity contribution in [3.8, 4) is 0 Å². The molecule has 1 aromatic carbocycles. The van der Waals surface area contributed by atoms with E-state index < -0.39 is 0 Å². The number of para-hydroxylation sites is 1. The average Bonchev–Trinajstić information content (AvgIpc) is 3.17. The summed E-state index contributed by atoms with van der Waals surface area (Å²) in [5.74, 6) is 0.273. The Morgan fingerprint density at radius 2 is 2.18 bits per heavy atom. The number of hydrogen-bond donors (Lipinski definition) is 0. The molecular weight excluding hydrogens is 292 g/mol. The molecule has 4 heterocycles. The SMILES string of the molecule is CC1=Nc2ccccc2[C@@]12CC(=O)N1CCc3ccsc3[C@@H]12. The van der Waals surface area contributed by atoms with Gasteiger partial charge in [-0.05, 0) is 42.0 Å². The Hall–Kier alpha value is -1.94. The van der Waals surface area contributed by atoms with Gasteiger partial charge in [0.05, 0.1) is 17.1 Å². The van der Waals surface area contributed by atoms with Gasteiger partial charge in [-0.3, -0.25) is 9.79 Å². The van der Waals surface area contributed by atoms with Crippen molar-refractivity contribution in [2.24, 2.45) is 4.99 Å². The molecule has 1 amide bonds. The van der Waals surface area contributed by atoms with Crippen molar-refractivity contribution in [1.29, 1.82) is 0 Å². The van der Waals surface area contributed by atoms with Crippen LogP contribution in [0, 0.1) is 0 Å². The van der Waals surface area contributed by atoms with Crippen LogP contribution in [0.15, 0.2) is 40.7 Å². The molecule has 1 saturated heterocycles. The number of benzene rings is 1. The van der Waals surface area contributed by atoms with Gasteiger partial charge in [0, 0.05) is 23.6 Å². The first-order valence-corrected chi connectivity index (χ1v) is 8.61. The minimum atomic E-state index is -0.256. The zero-order valence-electron chi connectivity index (χ0n) is 12.4. The summed E-state index contributed by atoms with van der Waals surface area (Å²) in [4.78, 5) is 21.0. The molecule has 4 heteroatoms. The van der Waals surface area contributed by atoms with Crippen molar-refractivity contribution in [2.75, 3.05) is 6.54 Å². The predicted molar refractivity (Wildman–Crippen MR) is 88.0 cm³/mol. The lowest BCUT2D eigenvalue weighted by molar-refractivity contribution is -0.129. The molecule has 0 N–H and O–H groups in total. The molecule has 0 unspecified atom stereocenters. The van der Waals surface area contributed by atoms with Gasteiger partial charge < -0.3 is 4.90 Å². The van der Waals surface area contributed by atoms with Crippen LogP contribution < -0.4 is 0 Å². The van der Waals surface area contributed by atoms with Crippen molar-refractivity contribution in [2.45, 2.75) is 31.2 Å². The molecule has 2 aromatic rings. The predicted octanol–water partition coefficient (Wildman–Crippen LogP) is 3.62. The van der Waals surface area contributed by atoms with Crippen LogP contribution in [-0.2, 0) is 16.6 Å². The van der Waals surface area contributed by atoms with Gasteiger partial charge in [0.25, 0.3) is 0 Å². The van der Waals surface area contributed by atoms with Crippen molar-refractivity contribution < 1.29 is 4.79 Å². The highest BCUT2D eigenvalue weighted by Gasteiger charge is 2.59. The van der Waals surface area contributed by atoms with Crippen molar-refractivity contribution in [3.63, 3.8) is 0 Å². The fourth-order valence-corrected chi connectivity index (χ4v) is 5.65. The van der Waals surface area contributed by atoms with Crippen LogP contribution in [0.2, 0.25) is 0 Å². The van der Waals surface area contributed by atoms with Crippen LogP contribution in [0.25, 0.3) is 0 Å². The lowest BCUT2D eigenvalue weighted by Gasteiger charge is -2.38. The van der Waals surface area contributed by atoms with Crippen molar-refractivity contribution in [3.05, 3.63) is 51.7 Å². The Balaban J connectivity index is 1.80. The standard InChI is InChI=1S/C18H16N2OS/c1-11-18(13-4-2-3-5-14(13)19-11)10-15(21)20-8-6-12-7-9-22-16(12)17(18)20/h2-5,7,9,17H,6,8,10H2,1H3/t17-,18-/m1/s1. The Bertz CT molecular complexity index is 837. The number of thiophene rings is 1. The second kappa shape index (κ2) is 4.07. The Morgan fingerprint density at radius 1 is 1.32 bits per heavy atom. The lowest BCUT2D eigenvalue weighted by Crippen LogP contribution is -2.42. The van der Waals surface area contributed by atoms with Gasteiger partial charge in [-0.15, -0.1) is 11.3 Å². The number of fused-ring (bicyclic) bond motifs is 6. The third kappa shape index (κ3) is 1.32. The van der Waals surface area contributed by atoms with Crippen LogP contribution in [0.3, 0.4) is 0 Å². The molecule has 1 spiro atoms. The van der Waals surface area contributed by atoms with E-state index in [2.05, 4.69) is 41.5 Å². The molecule has 3 aliphatic heterocycles. The van der Waals surface area contributed by atoms with Crippen LogP contribution in [0.1, 0.15) is 35.4 Å². The van der Waals surface area contributed by atoms with Crippen molar-refractivity contribution in [1.82, 2.24) is 4.90 Å². The summed E-state index contributed by atoms with van der Waals surface area (Å²) < 4.78 is 0. The number of hydrogen-bond acceptors (Lipinski definition) is 3. The van der Waals surface area contributed by atoms with Gasteiger partial charge >= 0.3 is 0 Å². The molecule has 5 rings (SSSR count). The quantitative estimate of drug-likeness (QED) is 0.731. The van der Waals surface area contributed by atoms with Gasteiger partial charge in [-0.2, -0.15) is 0 Å². The molecule has 0 radical (unpaired) electrons. The summed E-state index contributed by atoms with van der Waals surface area (Å²) in [7, 11) is 0. The monoisotopic (exact) mass is 308 g/mol. The highest BCUT2D eigenvalue weighted by molar-refractivity contribution is 7.10. The molecule has 3 aliphatic rings. The minimum absolute atomic E-state index is 0.135. The molecule has 1 aromatic heterocycles. The third-order valence-electron chi connectivity index (χ3n) is 5.50. The van der Waals surface area contributed by atoms with Gasteiger partial charge in [0.15, 0.2) is 0 Å². The van der Waals surface area contributed by atoms with E-state index in [1.807, 2.05) is 6.07 Å².